The van der Waals surface area contributed by atoms with Crippen molar-refractivity contribution in [3.63, 3.8) is 0 Å². The summed E-state index contributed by atoms with van der Waals surface area (Å²) < 4.78 is 3.55. The number of nitrogens with one attached hydrogen (secondary N) is 1. The number of hydrogen-bond acceptors (Lipinski definition) is 3. The van der Waals surface area contributed by atoms with Gasteiger partial charge in [-0.3, -0.25) is 14.2 Å². The van der Waals surface area contributed by atoms with Crippen LogP contribution in [-0.2, 0) is 17.9 Å². The van der Waals surface area contributed by atoms with Crippen LogP contribution < -0.4 is 5.32 Å². The van der Waals surface area contributed by atoms with Crippen LogP contribution in [0.4, 0.5) is 5.69 Å². The molecule has 1 aromatic carbocycles. The molecule has 0 aliphatic heterocycles. The Morgan fingerprint density at radius 3 is 2.78 bits per heavy atom. The Kier molecular flexibility index (Phi) is 4.23. The second kappa shape index (κ2) is 6.48. The van der Waals surface area contributed by atoms with E-state index in [-0.39, 0.29) is 12.5 Å². The van der Waals surface area contributed by atoms with E-state index >= 15 is 0 Å². The van der Waals surface area contributed by atoms with E-state index in [9.17, 15) is 4.79 Å². The summed E-state index contributed by atoms with van der Waals surface area (Å²) in [5, 5.41) is 11.4. The predicted octanol–water partition coefficient (Wildman–Crippen LogP) is 2.38. The lowest BCUT2D eigenvalue weighted by Crippen LogP contribution is -2.20. The van der Waals surface area contributed by atoms with Gasteiger partial charge in [-0.2, -0.15) is 10.2 Å². The third-order valence-corrected chi connectivity index (χ3v) is 3.51. The Morgan fingerprint density at radius 1 is 1.22 bits per heavy atom. The van der Waals surface area contributed by atoms with Gasteiger partial charge >= 0.3 is 0 Å². The summed E-state index contributed by atoms with van der Waals surface area (Å²) in [5.74, 6) is -0.0903. The smallest absolute Gasteiger partial charge is 0.246 e. The van der Waals surface area contributed by atoms with E-state index < -0.39 is 0 Å². The number of rotatable bonds is 5. The van der Waals surface area contributed by atoms with Crippen molar-refractivity contribution in [1.82, 2.24) is 19.6 Å². The number of aromatic nitrogens is 4. The monoisotopic (exact) mass is 309 g/mol. The molecule has 0 aliphatic rings. The van der Waals surface area contributed by atoms with Crippen molar-refractivity contribution in [3.8, 4) is 0 Å². The fraction of sp³-hybridized carbons (Fsp3) is 0.235. The quantitative estimate of drug-likeness (QED) is 0.787. The first-order chi connectivity index (χ1) is 11.1. The molecule has 0 fully saturated rings. The van der Waals surface area contributed by atoms with Crippen LogP contribution in [0.15, 0.2) is 48.8 Å². The molecule has 0 bridgehead atoms. The minimum atomic E-state index is -0.0903. The summed E-state index contributed by atoms with van der Waals surface area (Å²) in [7, 11) is 0. The maximum atomic E-state index is 12.2. The van der Waals surface area contributed by atoms with Gasteiger partial charge in [0.15, 0.2) is 0 Å². The van der Waals surface area contributed by atoms with Gasteiger partial charge in [0.2, 0.25) is 5.91 Å². The first kappa shape index (κ1) is 15.0. The normalized spacial score (nSPS) is 10.7. The first-order valence-corrected chi connectivity index (χ1v) is 7.47. The summed E-state index contributed by atoms with van der Waals surface area (Å²) in [6, 6.07) is 11.6. The molecule has 3 aromatic rings. The molecule has 6 nitrogen and oxygen atoms in total. The molecule has 1 amide bonds. The topological polar surface area (TPSA) is 64.7 Å². The lowest BCUT2D eigenvalue weighted by Gasteiger charge is -2.09. The van der Waals surface area contributed by atoms with Gasteiger partial charge in [0.05, 0.1) is 12.2 Å². The molecule has 6 heteroatoms. The van der Waals surface area contributed by atoms with Crippen LogP contribution in [0, 0.1) is 13.8 Å². The molecule has 0 saturated carbocycles. The average Bonchev–Trinajstić information content (AvgIpc) is 3.09. The zero-order valence-electron chi connectivity index (χ0n) is 13.2. The SMILES string of the molecule is Cc1cc(C)n(CC(=O)Nc2cccc(Cn3cccn3)c2)n1. The molecular weight excluding hydrogens is 290 g/mol. The van der Waals surface area contributed by atoms with Crippen molar-refractivity contribution in [3.05, 3.63) is 65.7 Å². The van der Waals surface area contributed by atoms with Gasteiger partial charge in [-0.05, 0) is 43.7 Å². The van der Waals surface area contributed by atoms with Crippen molar-refractivity contribution in [2.24, 2.45) is 0 Å². The lowest BCUT2D eigenvalue weighted by molar-refractivity contribution is -0.116. The van der Waals surface area contributed by atoms with Crippen LogP contribution in [0.3, 0.4) is 0 Å². The molecule has 23 heavy (non-hydrogen) atoms. The molecule has 3 rings (SSSR count). The van der Waals surface area contributed by atoms with E-state index in [4.69, 9.17) is 0 Å². The van der Waals surface area contributed by atoms with Gasteiger partial charge in [-0.15, -0.1) is 0 Å². The highest BCUT2D eigenvalue weighted by Crippen LogP contribution is 2.12. The zero-order chi connectivity index (χ0) is 16.2. The van der Waals surface area contributed by atoms with E-state index in [1.807, 2.05) is 61.1 Å². The van der Waals surface area contributed by atoms with Crippen molar-refractivity contribution in [1.29, 1.82) is 0 Å². The number of aryl methyl sites for hydroxylation is 2. The zero-order valence-corrected chi connectivity index (χ0v) is 13.2. The Balaban J connectivity index is 1.65. The highest BCUT2D eigenvalue weighted by Gasteiger charge is 2.08. The number of amides is 1. The van der Waals surface area contributed by atoms with Crippen LogP contribution in [-0.4, -0.2) is 25.5 Å². The van der Waals surface area contributed by atoms with Crippen LogP contribution in [0.25, 0.3) is 0 Å². The molecule has 0 atom stereocenters. The van der Waals surface area contributed by atoms with E-state index in [1.54, 1.807) is 10.9 Å². The van der Waals surface area contributed by atoms with Gasteiger partial charge in [-0.25, -0.2) is 0 Å². The number of anilines is 1. The maximum Gasteiger partial charge on any atom is 0.246 e. The van der Waals surface area contributed by atoms with Gasteiger partial charge in [0.1, 0.15) is 6.54 Å². The highest BCUT2D eigenvalue weighted by atomic mass is 16.2. The third-order valence-electron chi connectivity index (χ3n) is 3.51. The maximum absolute atomic E-state index is 12.2. The van der Waals surface area contributed by atoms with Crippen LogP contribution in [0.2, 0.25) is 0 Å². The minimum Gasteiger partial charge on any atom is -0.324 e. The fourth-order valence-electron chi connectivity index (χ4n) is 2.50. The highest BCUT2D eigenvalue weighted by molar-refractivity contribution is 5.90. The second-order valence-corrected chi connectivity index (χ2v) is 5.54. The molecule has 0 aliphatic carbocycles. The summed E-state index contributed by atoms with van der Waals surface area (Å²) in [6.45, 7) is 4.75. The first-order valence-electron chi connectivity index (χ1n) is 7.47. The Hall–Kier alpha value is -2.89. The number of hydrogen-bond donors (Lipinski definition) is 1. The molecule has 118 valence electrons. The molecule has 1 N–H and O–H groups in total. The summed E-state index contributed by atoms with van der Waals surface area (Å²) in [6.07, 6.45) is 3.66. The summed E-state index contributed by atoms with van der Waals surface area (Å²) in [4.78, 5) is 12.2. The van der Waals surface area contributed by atoms with Crippen LogP contribution in [0.5, 0.6) is 0 Å². The number of nitrogens with zero attached hydrogens (tertiary/aromatic N) is 4. The molecule has 0 spiro atoms. The van der Waals surface area contributed by atoms with E-state index in [2.05, 4.69) is 15.5 Å². The molecule has 0 unspecified atom stereocenters. The van der Waals surface area contributed by atoms with Gasteiger partial charge in [0.25, 0.3) is 0 Å². The standard InChI is InChI=1S/C17H19N5O/c1-13-9-14(2)22(20-13)12-17(23)19-16-6-3-5-15(10-16)11-21-8-4-7-18-21/h3-10H,11-12H2,1-2H3,(H,19,23). The van der Waals surface area contributed by atoms with Crippen molar-refractivity contribution in [2.75, 3.05) is 5.32 Å². The van der Waals surface area contributed by atoms with Gasteiger partial charge in [-0.1, -0.05) is 12.1 Å². The summed E-state index contributed by atoms with van der Waals surface area (Å²) in [5.41, 5.74) is 3.75. The third kappa shape index (κ3) is 3.85. The van der Waals surface area contributed by atoms with Crippen LogP contribution >= 0.6 is 0 Å². The van der Waals surface area contributed by atoms with Crippen molar-refractivity contribution >= 4 is 11.6 Å². The number of carbonyl (C=O) groups excluding carboxylic acids is 1. The Morgan fingerprint density at radius 2 is 2.09 bits per heavy atom. The fourth-order valence-corrected chi connectivity index (χ4v) is 2.50. The predicted molar refractivity (Wildman–Crippen MR) is 88.1 cm³/mol. The van der Waals surface area contributed by atoms with Crippen LogP contribution in [0.1, 0.15) is 17.0 Å². The largest absolute Gasteiger partial charge is 0.324 e. The Labute approximate surface area is 134 Å². The number of benzene rings is 1. The summed E-state index contributed by atoms with van der Waals surface area (Å²) >= 11 is 0. The van der Waals surface area contributed by atoms with E-state index in [0.717, 1.165) is 22.6 Å². The molecule has 0 saturated heterocycles. The average molecular weight is 309 g/mol. The van der Waals surface area contributed by atoms with Crippen molar-refractivity contribution < 1.29 is 4.79 Å². The van der Waals surface area contributed by atoms with E-state index in [1.165, 1.54) is 0 Å². The molecule has 0 radical (unpaired) electrons. The number of carbonyl (C=O) groups is 1. The molecule has 2 aromatic heterocycles. The second-order valence-electron chi connectivity index (χ2n) is 5.54. The Bertz CT molecular complexity index is 804. The van der Waals surface area contributed by atoms with Gasteiger partial charge in [0, 0.05) is 23.8 Å². The lowest BCUT2D eigenvalue weighted by atomic mass is 10.2. The minimum absolute atomic E-state index is 0.0903. The molecular formula is C17H19N5O. The van der Waals surface area contributed by atoms with E-state index in [0.29, 0.717) is 6.54 Å². The van der Waals surface area contributed by atoms with Gasteiger partial charge < -0.3 is 5.32 Å². The molecule has 2 heterocycles. The van der Waals surface area contributed by atoms with Crippen molar-refractivity contribution in [2.45, 2.75) is 26.9 Å².